The van der Waals surface area contributed by atoms with Crippen molar-refractivity contribution in [2.45, 2.75) is 89.9 Å². The molecule has 5 rings (SSSR count). The van der Waals surface area contributed by atoms with E-state index in [1.807, 2.05) is 0 Å². The van der Waals surface area contributed by atoms with Crippen molar-refractivity contribution in [2.24, 2.45) is 40.4 Å². The average molecular weight is 349 g/mol. The Morgan fingerprint density at radius 2 is 1.48 bits per heavy atom. The molecule has 3 nitrogen and oxygen atoms in total. The van der Waals surface area contributed by atoms with Crippen LogP contribution in [0.3, 0.4) is 0 Å². The van der Waals surface area contributed by atoms with Crippen LogP contribution in [0.2, 0.25) is 0 Å². The number of hydrogen-bond donors (Lipinski definition) is 2. The van der Waals surface area contributed by atoms with Gasteiger partial charge < -0.3 is 14.9 Å². The molecule has 3 heteroatoms. The lowest BCUT2D eigenvalue weighted by Crippen LogP contribution is -2.58. The Kier molecular flexibility index (Phi) is 3.56. The quantitative estimate of drug-likeness (QED) is 0.709. The summed E-state index contributed by atoms with van der Waals surface area (Å²) in [6, 6.07) is 0. The van der Waals surface area contributed by atoms with Gasteiger partial charge in [-0.15, -0.1) is 0 Å². The predicted octanol–water partition coefficient (Wildman–Crippen LogP) is 3.77. The highest BCUT2D eigenvalue weighted by Crippen LogP contribution is 2.69. The van der Waals surface area contributed by atoms with Crippen LogP contribution in [0.15, 0.2) is 0 Å². The number of hydrogen-bond acceptors (Lipinski definition) is 3. The van der Waals surface area contributed by atoms with Gasteiger partial charge in [0.2, 0.25) is 0 Å². The number of ether oxygens (including phenoxy) is 1. The fourth-order valence-electron chi connectivity index (χ4n) is 8.60. The maximum atomic E-state index is 11.0. The van der Waals surface area contributed by atoms with Gasteiger partial charge in [0.1, 0.15) is 0 Å². The van der Waals surface area contributed by atoms with E-state index in [0.717, 1.165) is 44.1 Å². The molecule has 4 saturated carbocycles. The number of aliphatic hydroxyl groups is 2. The van der Waals surface area contributed by atoms with Gasteiger partial charge >= 0.3 is 0 Å². The summed E-state index contributed by atoms with van der Waals surface area (Å²) >= 11 is 0. The van der Waals surface area contributed by atoms with E-state index >= 15 is 0 Å². The van der Waals surface area contributed by atoms with Gasteiger partial charge in [0.25, 0.3) is 0 Å². The summed E-state index contributed by atoms with van der Waals surface area (Å²) in [7, 11) is 0. The number of rotatable bonds is 1. The zero-order chi connectivity index (χ0) is 17.6. The molecule has 4 aliphatic carbocycles. The molecule has 0 aromatic rings. The van der Waals surface area contributed by atoms with Crippen LogP contribution in [0.5, 0.6) is 0 Å². The molecule has 0 amide bonds. The fourth-order valence-corrected chi connectivity index (χ4v) is 8.60. The molecular weight excluding hydrogens is 312 g/mol. The van der Waals surface area contributed by atoms with E-state index in [4.69, 9.17) is 4.74 Å². The highest BCUT2D eigenvalue weighted by atomic mass is 16.6. The number of epoxide rings is 1. The Labute approximate surface area is 152 Å². The molecule has 5 fully saturated rings. The Morgan fingerprint density at radius 1 is 0.800 bits per heavy atom. The van der Waals surface area contributed by atoms with Crippen LogP contribution in [-0.2, 0) is 4.74 Å². The third-order valence-corrected chi connectivity index (χ3v) is 9.99. The molecule has 0 radical (unpaired) electrons. The minimum absolute atomic E-state index is 0.144. The molecule has 1 heterocycles. The Hall–Kier alpha value is -0.120. The largest absolute Gasteiger partial charge is 0.393 e. The predicted molar refractivity (Wildman–Crippen MR) is 97.0 cm³/mol. The maximum Gasteiger partial charge on any atom is 0.0921 e. The van der Waals surface area contributed by atoms with Gasteiger partial charge in [-0.1, -0.05) is 13.8 Å². The van der Waals surface area contributed by atoms with Crippen molar-refractivity contribution in [3.05, 3.63) is 0 Å². The van der Waals surface area contributed by atoms with Crippen LogP contribution in [0.4, 0.5) is 0 Å². The molecule has 4 unspecified atom stereocenters. The van der Waals surface area contributed by atoms with Gasteiger partial charge in [0.15, 0.2) is 0 Å². The summed E-state index contributed by atoms with van der Waals surface area (Å²) in [6.07, 6.45) is 8.72. The van der Waals surface area contributed by atoms with Crippen molar-refractivity contribution in [2.75, 3.05) is 6.61 Å². The van der Waals surface area contributed by atoms with Gasteiger partial charge in [0.05, 0.1) is 24.4 Å². The van der Waals surface area contributed by atoms with Crippen LogP contribution in [0.25, 0.3) is 0 Å². The van der Waals surface area contributed by atoms with E-state index < -0.39 is 0 Å². The Bertz CT molecular complexity index is 557. The second-order valence-corrected chi connectivity index (χ2v) is 11.0. The molecule has 0 aromatic carbocycles. The average Bonchev–Trinajstić information content (AvgIpc) is 3.18. The lowest BCUT2D eigenvalue weighted by Gasteiger charge is -2.62. The monoisotopic (exact) mass is 348 g/mol. The lowest BCUT2D eigenvalue weighted by atomic mass is 9.44. The first-order valence-electron chi connectivity index (χ1n) is 10.8. The first kappa shape index (κ1) is 17.0. The smallest absolute Gasteiger partial charge is 0.0921 e. The van der Waals surface area contributed by atoms with Crippen LogP contribution >= 0.6 is 0 Å². The Balaban J connectivity index is 1.46. The molecule has 2 N–H and O–H groups in total. The summed E-state index contributed by atoms with van der Waals surface area (Å²) in [6.45, 7) is 8.27. The molecule has 0 aromatic heterocycles. The first-order valence-corrected chi connectivity index (χ1v) is 10.8. The summed E-state index contributed by atoms with van der Waals surface area (Å²) < 4.78 is 5.89. The van der Waals surface area contributed by atoms with Crippen molar-refractivity contribution >= 4 is 0 Å². The third-order valence-electron chi connectivity index (χ3n) is 9.99. The highest BCUT2D eigenvalue weighted by Gasteiger charge is 2.66. The van der Waals surface area contributed by atoms with Crippen LogP contribution < -0.4 is 0 Å². The highest BCUT2D eigenvalue weighted by molar-refractivity contribution is 5.14. The van der Waals surface area contributed by atoms with Crippen LogP contribution in [-0.4, -0.2) is 34.6 Å². The number of fused-ring (bicyclic) bond motifs is 5. The number of aliphatic hydroxyl groups excluding tert-OH is 2. The van der Waals surface area contributed by atoms with E-state index in [-0.39, 0.29) is 23.2 Å². The van der Waals surface area contributed by atoms with E-state index in [0.29, 0.717) is 23.2 Å². The fraction of sp³-hybridized carbons (Fsp3) is 1.00. The van der Waals surface area contributed by atoms with Gasteiger partial charge in [-0.2, -0.15) is 0 Å². The maximum absolute atomic E-state index is 11.0. The van der Waals surface area contributed by atoms with Gasteiger partial charge in [0, 0.05) is 0 Å². The molecule has 1 aliphatic heterocycles. The van der Waals surface area contributed by atoms with Gasteiger partial charge in [-0.05, 0) is 98.7 Å². The topological polar surface area (TPSA) is 53.0 Å². The molecule has 0 spiro atoms. The van der Waals surface area contributed by atoms with Gasteiger partial charge in [-0.25, -0.2) is 0 Å². The minimum Gasteiger partial charge on any atom is -0.393 e. The van der Waals surface area contributed by atoms with E-state index in [1.165, 1.54) is 25.7 Å². The molecule has 5 aliphatic rings. The van der Waals surface area contributed by atoms with E-state index in [9.17, 15) is 10.2 Å². The van der Waals surface area contributed by atoms with E-state index in [1.54, 1.807) is 0 Å². The molecule has 25 heavy (non-hydrogen) atoms. The van der Waals surface area contributed by atoms with E-state index in [2.05, 4.69) is 20.8 Å². The summed E-state index contributed by atoms with van der Waals surface area (Å²) in [5, 5.41) is 21.2. The Morgan fingerprint density at radius 3 is 2.20 bits per heavy atom. The SMILES string of the molecule is CC1([C@H]2CCC3C4C[C@H](O)[C@@H]5C[C@H](O)CC[C@]5(C)C4CC[C@@]32C)CO1. The van der Waals surface area contributed by atoms with Crippen molar-refractivity contribution in [1.82, 2.24) is 0 Å². The molecule has 0 bridgehead atoms. The molecule has 10 atom stereocenters. The molecule has 142 valence electrons. The summed E-state index contributed by atoms with van der Waals surface area (Å²) in [5.41, 5.74) is 0.787. The molecular formula is C22H36O3. The van der Waals surface area contributed by atoms with Crippen LogP contribution in [0.1, 0.15) is 72.1 Å². The minimum atomic E-state index is -0.213. The van der Waals surface area contributed by atoms with Crippen molar-refractivity contribution in [3.63, 3.8) is 0 Å². The second kappa shape index (κ2) is 5.23. The van der Waals surface area contributed by atoms with Crippen molar-refractivity contribution < 1.29 is 14.9 Å². The normalized spacial score (nSPS) is 63.5. The van der Waals surface area contributed by atoms with Crippen molar-refractivity contribution in [1.29, 1.82) is 0 Å². The summed E-state index contributed by atoms with van der Waals surface area (Å²) in [4.78, 5) is 0. The third kappa shape index (κ3) is 2.21. The first-order chi connectivity index (χ1) is 11.8. The van der Waals surface area contributed by atoms with Crippen LogP contribution in [0, 0.1) is 40.4 Å². The lowest BCUT2D eigenvalue weighted by molar-refractivity contribution is -0.172. The molecule has 1 saturated heterocycles. The standard InChI is InChI=1S/C22H36O3/c1-20-8-6-13(23)10-17(20)18(24)11-14-15-4-5-19(22(3)12-25-22)21(15,2)9-7-16(14)20/h13-19,23-24H,4-12H2,1-3H3/t13-,14?,15?,16?,17+,18+,19+,20-,21+,22?/m1/s1. The summed E-state index contributed by atoms with van der Waals surface area (Å²) in [5.74, 6) is 3.21. The van der Waals surface area contributed by atoms with Crippen molar-refractivity contribution in [3.8, 4) is 0 Å². The zero-order valence-corrected chi connectivity index (χ0v) is 16.2. The van der Waals surface area contributed by atoms with Gasteiger partial charge in [-0.3, -0.25) is 0 Å². The second-order valence-electron chi connectivity index (χ2n) is 11.0. The zero-order valence-electron chi connectivity index (χ0n) is 16.2.